The summed E-state index contributed by atoms with van der Waals surface area (Å²) >= 11 is 5.93. The Labute approximate surface area is 189 Å². The van der Waals surface area contributed by atoms with Crippen molar-refractivity contribution in [3.8, 4) is 0 Å². The Morgan fingerprint density at radius 1 is 1.06 bits per heavy atom. The summed E-state index contributed by atoms with van der Waals surface area (Å²) in [6.45, 7) is 4.77. The van der Waals surface area contributed by atoms with Gasteiger partial charge in [-0.05, 0) is 97.8 Å². The summed E-state index contributed by atoms with van der Waals surface area (Å²) in [6, 6.07) is 6.91. The van der Waals surface area contributed by atoms with Gasteiger partial charge < -0.3 is 4.74 Å². The van der Waals surface area contributed by atoms with E-state index >= 15 is 0 Å². The maximum Gasteiger partial charge on any atom is 0.338 e. The molecule has 1 aromatic carbocycles. The number of carbonyl (C=O) groups excluding carboxylic acids is 1. The molecule has 0 aromatic heterocycles. The zero-order chi connectivity index (χ0) is 21.8. The third-order valence-corrected chi connectivity index (χ3v) is 9.74. The van der Waals surface area contributed by atoms with Crippen LogP contribution in [0.4, 0.5) is 0 Å². The minimum absolute atomic E-state index is 0.000325. The fourth-order valence-corrected chi connectivity index (χ4v) is 7.81. The molecule has 3 fully saturated rings. The predicted molar refractivity (Wildman–Crippen MR) is 122 cm³/mol. The minimum atomic E-state index is -0.258. The van der Waals surface area contributed by atoms with Crippen molar-refractivity contribution in [3.63, 3.8) is 0 Å². The molecule has 4 aliphatic rings. The lowest BCUT2D eigenvalue weighted by molar-refractivity contribution is -0.0440. The van der Waals surface area contributed by atoms with Gasteiger partial charge >= 0.3 is 5.97 Å². The molecule has 1 aromatic rings. The van der Waals surface area contributed by atoms with E-state index in [1.807, 2.05) is 0 Å². The maximum atomic E-state index is 12.6. The van der Waals surface area contributed by atoms with Gasteiger partial charge in [0.15, 0.2) is 0 Å². The second kappa shape index (κ2) is 7.72. The lowest BCUT2D eigenvalue weighted by Crippen LogP contribution is -2.51. The van der Waals surface area contributed by atoms with Crippen molar-refractivity contribution in [1.82, 2.24) is 0 Å². The van der Waals surface area contributed by atoms with Gasteiger partial charge in [-0.2, -0.15) is 4.91 Å². The van der Waals surface area contributed by atoms with E-state index in [9.17, 15) is 9.70 Å². The highest BCUT2D eigenvalue weighted by molar-refractivity contribution is 6.30. The van der Waals surface area contributed by atoms with Gasteiger partial charge in [-0.1, -0.05) is 42.3 Å². The van der Waals surface area contributed by atoms with Crippen LogP contribution in [0, 0.1) is 33.5 Å². The number of benzene rings is 1. The number of allylic oxidation sites excluding steroid dienone is 1. The number of esters is 1. The van der Waals surface area contributed by atoms with E-state index in [0.29, 0.717) is 28.3 Å². The van der Waals surface area contributed by atoms with Crippen LogP contribution >= 0.6 is 11.6 Å². The van der Waals surface area contributed by atoms with E-state index in [1.54, 1.807) is 24.3 Å². The standard InChI is InChI=1S/C26H32ClNO3/c1-25-13-11-19(31-24(29)16-3-6-18(27)7-4-16)15-17(25)5-8-20-21-9-10-23(28-30)26(21,2)14-12-22(20)25/h3-7,19-23H,8-15H2,1-2H3/t19?,20?,21?,22?,23?,25-,26-/m0/s1. The monoisotopic (exact) mass is 441 g/mol. The molecule has 0 saturated heterocycles. The zero-order valence-corrected chi connectivity index (χ0v) is 19.2. The molecule has 5 rings (SSSR count). The van der Waals surface area contributed by atoms with Crippen LogP contribution in [0.3, 0.4) is 0 Å². The van der Waals surface area contributed by atoms with Crippen LogP contribution in [0.5, 0.6) is 0 Å². The summed E-state index contributed by atoms with van der Waals surface area (Å²) in [4.78, 5) is 24.0. The first kappa shape index (κ1) is 21.2. The molecule has 5 unspecified atom stereocenters. The average Bonchev–Trinajstić information content (AvgIpc) is 3.10. The highest BCUT2D eigenvalue weighted by Gasteiger charge is 2.59. The van der Waals surface area contributed by atoms with Gasteiger partial charge in [-0.25, -0.2) is 4.79 Å². The molecule has 0 heterocycles. The van der Waals surface area contributed by atoms with Gasteiger partial charge in [-0.3, -0.25) is 0 Å². The van der Waals surface area contributed by atoms with Gasteiger partial charge in [0.1, 0.15) is 6.10 Å². The molecule has 0 amide bonds. The Morgan fingerprint density at radius 2 is 1.84 bits per heavy atom. The van der Waals surface area contributed by atoms with E-state index in [-0.39, 0.29) is 28.9 Å². The van der Waals surface area contributed by atoms with Crippen LogP contribution in [-0.2, 0) is 4.74 Å². The fraction of sp³-hybridized carbons (Fsp3) is 0.654. The normalized spacial score (nSPS) is 41.4. The van der Waals surface area contributed by atoms with Crippen molar-refractivity contribution in [2.24, 2.45) is 33.8 Å². The lowest BCUT2D eigenvalue weighted by atomic mass is 9.48. The lowest BCUT2D eigenvalue weighted by Gasteiger charge is -2.57. The first-order valence-corrected chi connectivity index (χ1v) is 12.2. The van der Waals surface area contributed by atoms with Gasteiger partial charge in [0.25, 0.3) is 0 Å². The number of hydrogen-bond donors (Lipinski definition) is 0. The molecule has 0 radical (unpaired) electrons. The van der Waals surface area contributed by atoms with Crippen molar-refractivity contribution in [3.05, 3.63) is 51.4 Å². The number of hydrogen-bond acceptors (Lipinski definition) is 4. The Balaban J connectivity index is 1.31. The first-order chi connectivity index (χ1) is 14.8. The van der Waals surface area contributed by atoms with E-state index < -0.39 is 0 Å². The highest BCUT2D eigenvalue weighted by atomic mass is 35.5. The van der Waals surface area contributed by atoms with Crippen molar-refractivity contribution < 1.29 is 9.53 Å². The zero-order valence-electron chi connectivity index (χ0n) is 18.5. The van der Waals surface area contributed by atoms with E-state index in [2.05, 4.69) is 25.1 Å². The molecule has 4 aliphatic carbocycles. The second-order valence-corrected chi connectivity index (χ2v) is 11.2. The molecule has 31 heavy (non-hydrogen) atoms. The van der Waals surface area contributed by atoms with Gasteiger partial charge in [-0.15, -0.1) is 0 Å². The largest absolute Gasteiger partial charge is 0.458 e. The average molecular weight is 442 g/mol. The molecule has 0 spiro atoms. The summed E-state index contributed by atoms with van der Waals surface area (Å²) in [5.74, 6) is 1.69. The van der Waals surface area contributed by atoms with Crippen molar-refractivity contribution in [1.29, 1.82) is 0 Å². The molecule has 0 bridgehead atoms. The molecular formula is C26H32ClNO3. The van der Waals surface area contributed by atoms with Crippen LogP contribution in [0.1, 0.15) is 75.6 Å². The third kappa shape index (κ3) is 3.37. The van der Waals surface area contributed by atoms with Crippen LogP contribution < -0.4 is 0 Å². The third-order valence-electron chi connectivity index (χ3n) is 9.49. The number of fused-ring (bicyclic) bond motifs is 5. The topological polar surface area (TPSA) is 55.7 Å². The number of rotatable bonds is 3. The van der Waals surface area contributed by atoms with Crippen LogP contribution in [0.2, 0.25) is 5.02 Å². The Bertz CT molecular complexity index is 912. The Morgan fingerprint density at radius 3 is 2.58 bits per heavy atom. The van der Waals surface area contributed by atoms with Crippen molar-refractivity contribution in [2.75, 3.05) is 0 Å². The van der Waals surface area contributed by atoms with Crippen LogP contribution in [0.25, 0.3) is 0 Å². The Kier molecular flexibility index (Phi) is 5.28. The molecule has 0 aliphatic heterocycles. The number of ether oxygens (including phenoxy) is 1. The molecule has 7 atom stereocenters. The highest BCUT2D eigenvalue weighted by Crippen LogP contribution is 2.65. The molecule has 166 valence electrons. The first-order valence-electron chi connectivity index (χ1n) is 11.8. The number of nitrogens with zero attached hydrogens (tertiary/aromatic N) is 1. The summed E-state index contributed by atoms with van der Waals surface area (Å²) in [6.07, 6.45) is 10.7. The number of nitroso groups, excluding NO2 is 1. The van der Waals surface area contributed by atoms with E-state index in [0.717, 1.165) is 44.9 Å². The smallest absolute Gasteiger partial charge is 0.338 e. The molecule has 3 saturated carbocycles. The SMILES string of the molecule is C[C@]12CCC3C(CC=C4CC(OC(=O)c5ccc(Cl)cc5)CC[C@@]43C)C1CCC2N=O. The van der Waals surface area contributed by atoms with Gasteiger partial charge in [0, 0.05) is 11.4 Å². The van der Waals surface area contributed by atoms with Crippen molar-refractivity contribution in [2.45, 2.75) is 77.4 Å². The number of carbonyl (C=O) groups is 1. The van der Waals surface area contributed by atoms with E-state index in [1.165, 1.54) is 12.0 Å². The molecule has 0 N–H and O–H groups in total. The second-order valence-electron chi connectivity index (χ2n) is 10.8. The van der Waals surface area contributed by atoms with Gasteiger partial charge in [0.05, 0.1) is 11.6 Å². The number of halogens is 1. The predicted octanol–water partition coefficient (Wildman–Crippen LogP) is 6.96. The van der Waals surface area contributed by atoms with Crippen LogP contribution in [-0.4, -0.2) is 18.1 Å². The van der Waals surface area contributed by atoms with Gasteiger partial charge in [0.2, 0.25) is 0 Å². The van der Waals surface area contributed by atoms with Crippen LogP contribution in [0.15, 0.2) is 41.1 Å². The summed E-state index contributed by atoms with van der Waals surface area (Å²) in [5.41, 5.74) is 2.33. The molecule has 5 heteroatoms. The summed E-state index contributed by atoms with van der Waals surface area (Å²) < 4.78 is 5.89. The van der Waals surface area contributed by atoms with E-state index in [4.69, 9.17) is 16.3 Å². The molecule has 4 nitrogen and oxygen atoms in total. The van der Waals surface area contributed by atoms with Crippen molar-refractivity contribution >= 4 is 17.6 Å². The quantitative estimate of drug-likeness (QED) is 0.289. The fourth-order valence-electron chi connectivity index (χ4n) is 7.68. The maximum absolute atomic E-state index is 12.6. The minimum Gasteiger partial charge on any atom is -0.458 e. The summed E-state index contributed by atoms with van der Waals surface area (Å²) in [5, 5.41) is 4.14. The molecular weight excluding hydrogens is 410 g/mol. The summed E-state index contributed by atoms with van der Waals surface area (Å²) in [7, 11) is 0. The Hall–Kier alpha value is -1.68.